The van der Waals surface area contributed by atoms with Gasteiger partial charge in [-0.25, -0.2) is 10.8 Å². The smallest absolute Gasteiger partial charge is 0.219 e. The minimum atomic E-state index is 0.244. The number of nitrogens with zero attached hydrogens (tertiary/aromatic N) is 2. The number of rotatable bonds is 4. The zero-order valence-electron chi connectivity index (χ0n) is 11.7. The van der Waals surface area contributed by atoms with Gasteiger partial charge in [0.05, 0.1) is 0 Å². The minimum Gasteiger partial charge on any atom is -0.474 e. The first-order chi connectivity index (χ1) is 9.10. The Labute approximate surface area is 118 Å². The van der Waals surface area contributed by atoms with Crippen molar-refractivity contribution in [3.63, 3.8) is 0 Å². The Bertz CT molecular complexity index is 397. The summed E-state index contributed by atoms with van der Waals surface area (Å²) in [7, 11) is 0. The van der Waals surface area contributed by atoms with Gasteiger partial charge in [-0.1, -0.05) is 25.6 Å². The molecule has 0 bridgehead atoms. The van der Waals surface area contributed by atoms with Gasteiger partial charge in [0.15, 0.2) is 5.16 Å². The maximum atomic E-state index is 6.02. The predicted molar refractivity (Wildman–Crippen MR) is 78.2 cm³/mol. The van der Waals surface area contributed by atoms with Gasteiger partial charge in [-0.15, -0.1) is 0 Å². The van der Waals surface area contributed by atoms with E-state index in [4.69, 9.17) is 10.6 Å². The quantitative estimate of drug-likeness (QED) is 0.383. The molecular formula is C13H22N4OS. The molecule has 1 saturated carbocycles. The first kappa shape index (κ1) is 14.4. The molecule has 6 heteroatoms. The van der Waals surface area contributed by atoms with Crippen LogP contribution in [0, 0.1) is 11.8 Å². The Balaban J connectivity index is 2.09. The molecule has 19 heavy (non-hydrogen) atoms. The van der Waals surface area contributed by atoms with Crippen molar-refractivity contribution in [3.05, 3.63) is 6.07 Å². The lowest BCUT2D eigenvalue weighted by Gasteiger charge is -2.31. The summed E-state index contributed by atoms with van der Waals surface area (Å²) in [4.78, 5) is 8.61. The normalized spacial score (nSPS) is 27.1. The van der Waals surface area contributed by atoms with Crippen LogP contribution in [0.15, 0.2) is 11.2 Å². The zero-order valence-corrected chi connectivity index (χ0v) is 12.5. The fourth-order valence-electron chi connectivity index (χ4n) is 2.77. The number of aromatic nitrogens is 2. The van der Waals surface area contributed by atoms with Crippen molar-refractivity contribution in [1.82, 2.24) is 9.97 Å². The van der Waals surface area contributed by atoms with Crippen LogP contribution in [0.3, 0.4) is 0 Å². The summed E-state index contributed by atoms with van der Waals surface area (Å²) < 4.78 is 6.02. The molecule has 1 aromatic rings. The van der Waals surface area contributed by atoms with Crippen molar-refractivity contribution >= 4 is 17.6 Å². The molecule has 1 aliphatic carbocycles. The number of ether oxygens (including phenoxy) is 1. The van der Waals surface area contributed by atoms with Crippen LogP contribution in [0.2, 0.25) is 0 Å². The highest BCUT2D eigenvalue weighted by Crippen LogP contribution is 2.31. The molecule has 1 aliphatic rings. The van der Waals surface area contributed by atoms with Crippen LogP contribution in [-0.4, -0.2) is 22.3 Å². The number of anilines is 1. The Morgan fingerprint density at radius 3 is 2.53 bits per heavy atom. The van der Waals surface area contributed by atoms with Crippen LogP contribution in [-0.2, 0) is 0 Å². The maximum Gasteiger partial charge on any atom is 0.219 e. The van der Waals surface area contributed by atoms with Crippen LogP contribution in [0.25, 0.3) is 0 Å². The van der Waals surface area contributed by atoms with Gasteiger partial charge in [0.2, 0.25) is 5.88 Å². The lowest BCUT2D eigenvalue weighted by molar-refractivity contribution is 0.0959. The highest BCUT2D eigenvalue weighted by atomic mass is 32.2. The molecule has 0 aliphatic heterocycles. The van der Waals surface area contributed by atoms with E-state index in [2.05, 4.69) is 29.2 Å². The molecule has 0 aromatic carbocycles. The van der Waals surface area contributed by atoms with Crippen LogP contribution < -0.4 is 16.0 Å². The molecule has 1 fully saturated rings. The van der Waals surface area contributed by atoms with Gasteiger partial charge in [-0.2, -0.15) is 4.98 Å². The van der Waals surface area contributed by atoms with Gasteiger partial charge in [-0.05, 0) is 37.4 Å². The van der Waals surface area contributed by atoms with Crippen molar-refractivity contribution in [2.75, 3.05) is 11.7 Å². The van der Waals surface area contributed by atoms with E-state index in [1.165, 1.54) is 18.2 Å². The summed E-state index contributed by atoms with van der Waals surface area (Å²) in [6, 6.07) is 1.75. The topological polar surface area (TPSA) is 73.1 Å². The largest absolute Gasteiger partial charge is 0.474 e. The monoisotopic (exact) mass is 282 g/mol. The van der Waals surface area contributed by atoms with E-state index in [0.29, 0.717) is 28.7 Å². The molecule has 0 spiro atoms. The Hall–Kier alpha value is -1.01. The van der Waals surface area contributed by atoms with E-state index >= 15 is 0 Å². The average molecular weight is 282 g/mol. The molecular weight excluding hydrogens is 260 g/mol. The fraction of sp³-hybridized carbons (Fsp3) is 0.692. The first-order valence-corrected chi connectivity index (χ1v) is 7.89. The van der Waals surface area contributed by atoms with E-state index in [9.17, 15) is 0 Å². The summed E-state index contributed by atoms with van der Waals surface area (Å²) in [5, 5.41) is 0.669. The number of thioether (sulfide) groups is 1. The number of hydrogen-bond acceptors (Lipinski definition) is 6. The van der Waals surface area contributed by atoms with Crippen molar-refractivity contribution in [2.45, 2.75) is 44.4 Å². The highest BCUT2D eigenvalue weighted by molar-refractivity contribution is 7.98. The third kappa shape index (κ3) is 3.98. The van der Waals surface area contributed by atoms with Gasteiger partial charge >= 0.3 is 0 Å². The van der Waals surface area contributed by atoms with E-state index in [-0.39, 0.29) is 6.10 Å². The van der Waals surface area contributed by atoms with Crippen molar-refractivity contribution in [2.24, 2.45) is 17.7 Å². The predicted octanol–water partition coefficient (Wildman–Crippen LogP) is 2.69. The second-order valence-electron chi connectivity index (χ2n) is 5.38. The van der Waals surface area contributed by atoms with Crippen molar-refractivity contribution in [1.29, 1.82) is 0 Å². The van der Waals surface area contributed by atoms with Crippen LogP contribution >= 0.6 is 11.8 Å². The molecule has 0 saturated heterocycles. The number of nitrogens with two attached hydrogens (primary N) is 1. The summed E-state index contributed by atoms with van der Waals surface area (Å²) in [6.07, 6.45) is 5.65. The van der Waals surface area contributed by atoms with Crippen molar-refractivity contribution in [3.8, 4) is 5.88 Å². The van der Waals surface area contributed by atoms with Crippen molar-refractivity contribution < 1.29 is 4.74 Å². The summed E-state index contributed by atoms with van der Waals surface area (Å²) >= 11 is 1.48. The van der Waals surface area contributed by atoms with E-state index in [1.807, 2.05) is 6.26 Å². The molecule has 0 amide bonds. The summed E-state index contributed by atoms with van der Waals surface area (Å²) in [5.74, 6) is 8.04. The number of hydrazine groups is 1. The molecule has 0 radical (unpaired) electrons. The summed E-state index contributed by atoms with van der Waals surface area (Å²) in [5.41, 5.74) is 2.55. The lowest BCUT2D eigenvalue weighted by atomic mass is 9.82. The van der Waals surface area contributed by atoms with Crippen LogP contribution in [0.5, 0.6) is 5.88 Å². The molecule has 1 aromatic heterocycles. The van der Waals surface area contributed by atoms with E-state index in [1.54, 1.807) is 6.07 Å². The molecule has 2 atom stereocenters. The van der Waals surface area contributed by atoms with Crippen LogP contribution in [0.4, 0.5) is 5.82 Å². The zero-order chi connectivity index (χ0) is 13.8. The van der Waals surface area contributed by atoms with Gasteiger partial charge in [0.25, 0.3) is 0 Å². The molecule has 2 rings (SSSR count). The standard InChI is InChI=1S/C13H22N4OS/c1-8-4-9(2)6-10(5-8)18-12-7-11(17-14)15-13(16-12)19-3/h7-10H,4-6,14H2,1-3H3,(H,15,16,17). The van der Waals surface area contributed by atoms with Gasteiger partial charge in [0, 0.05) is 6.07 Å². The number of nitrogens with one attached hydrogen (secondary N) is 1. The number of hydrogen-bond donors (Lipinski definition) is 2. The van der Waals surface area contributed by atoms with E-state index < -0.39 is 0 Å². The third-order valence-electron chi connectivity index (χ3n) is 3.44. The van der Waals surface area contributed by atoms with Gasteiger partial charge < -0.3 is 10.2 Å². The maximum absolute atomic E-state index is 6.02. The Kier molecular flexibility index (Phi) is 4.87. The first-order valence-electron chi connectivity index (χ1n) is 6.67. The third-order valence-corrected chi connectivity index (χ3v) is 3.98. The number of nitrogen functional groups attached to an aromatic ring is 1. The Morgan fingerprint density at radius 1 is 1.26 bits per heavy atom. The minimum absolute atomic E-state index is 0.244. The van der Waals surface area contributed by atoms with Crippen LogP contribution in [0.1, 0.15) is 33.1 Å². The molecule has 2 unspecified atom stereocenters. The molecule has 106 valence electrons. The fourth-order valence-corrected chi connectivity index (χ4v) is 3.14. The SMILES string of the molecule is CSc1nc(NN)cc(OC2CC(C)CC(C)C2)n1. The van der Waals surface area contributed by atoms with E-state index in [0.717, 1.165) is 12.8 Å². The molecule has 1 heterocycles. The second kappa shape index (κ2) is 6.43. The average Bonchev–Trinajstić information content (AvgIpc) is 2.37. The molecule has 5 nitrogen and oxygen atoms in total. The Morgan fingerprint density at radius 2 is 1.95 bits per heavy atom. The molecule has 3 N–H and O–H groups in total. The lowest BCUT2D eigenvalue weighted by Crippen LogP contribution is -2.29. The van der Waals surface area contributed by atoms with Gasteiger partial charge in [-0.3, -0.25) is 0 Å². The summed E-state index contributed by atoms with van der Waals surface area (Å²) in [6.45, 7) is 4.57. The highest BCUT2D eigenvalue weighted by Gasteiger charge is 2.25. The second-order valence-corrected chi connectivity index (χ2v) is 6.15. The van der Waals surface area contributed by atoms with Gasteiger partial charge in [0.1, 0.15) is 11.9 Å².